The average Bonchev–Trinajstić information content (AvgIpc) is 2.79. The van der Waals surface area contributed by atoms with E-state index in [4.69, 9.17) is 4.74 Å². The van der Waals surface area contributed by atoms with Crippen molar-refractivity contribution in [2.24, 2.45) is 0 Å². The first-order valence-corrected chi connectivity index (χ1v) is 5.64. The van der Waals surface area contributed by atoms with Gasteiger partial charge in [-0.25, -0.2) is 4.98 Å². The Kier molecular flexibility index (Phi) is 5.56. The van der Waals surface area contributed by atoms with Crippen LogP contribution in [0.15, 0.2) is 12.4 Å². The SMILES string of the molecule is CCCOCC(=O)NC(CC)c1ncc[nH]1. The molecule has 5 heteroatoms. The minimum Gasteiger partial charge on any atom is -0.372 e. The molecule has 90 valence electrons. The number of aromatic amines is 1. The van der Waals surface area contributed by atoms with Crippen molar-refractivity contribution in [2.45, 2.75) is 32.7 Å². The van der Waals surface area contributed by atoms with E-state index in [2.05, 4.69) is 15.3 Å². The maximum absolute atomic E-state index is 11.5. The van der Waals surface area contributed by atoms with Crippen LogP contribution in [0.25, 0.3) is 0 Å². The van der Waals surface area contributed by atoms with Crippen molar-refractivity contribution in [1.82, 2.24) is 15.3 Å². The molecule has 1 amide bonds. The number of hydrogen-bond acceptors (Lipinski definition) is 3. The van der Waals surface area contributed by atoms with E-state index in [1.165, 1.54) is 0 Å². The third kappa shape index (κ3) is 4.02. The van der Waals surface area contributed by atoms with Crippen LogP contribution in [0, 0.1) is 0 Å². The predicted molar refractivity (Wildman–Crippen MR) is 60.9 cm³/mol. The maximum atomic E-state index is 11.5. The molecule has 1 atom stereocenters. The van der Waals surface area contributed by atoms with Gasteiger partial charge in [-0.1, -0.05) is 13.8 Å². The lowest BCUT2D eigenvalue weighted by Gasteiger charge is -2.14. The van der Waals surface area contributed by atoms with Gasteiger partial charge in [-0.3, -0.25) is 4.79 Å². The van der Waals surface area contributed by atoms with Crippen LogP contribution in [-0.4, -0.2) is 29.1 Å². The highest BCUT2D eigenvalue weighted by Gasteiger charge is 2.14. The Bertz CT molecular complexity index is 298. The standard InChI is InChI=1S/C11H19N3O2/c1-3-7-16-8-10(15)14-9(4-2)11-12-5-6-13-11/h5-6,9H,3-4,7-8H2,1-2H3,(H,12,13)(H,14,15). The molecule has 0 fully saturated rings. The van der Waals surface area contributed by atoms with E-state index >= 15 is 0 Å². The van der Waals surface area contributed by atoms with E-state index in [-0.39, 0.29) is 18.6 Å². The number of nitrogens with zero attached hydrogens (tertiary/aromatic N) is 1. The molecular weight excluding hydrogens is 206 g/mol. The van der Waals surface area contributed by atoms with Crippen LogP contribution in [0.4, 0.5) is 0 Å². The summed E-state index contributed by atoms with van der Waals surface area (Å²) in [6, 6.07) is -0.0623. The summed E-state index contributed by atoms with van der Waals surface area (Å²) in [5.41, 5.74) is 0. The van der Waals surface area contributed by atoms with Crippen molar-refractivity contribution in [3.8, 4) is 0 Å². The summed E-state index contributed by atoms with van der Waals surface area (Å²) < 4.78 is 5.16. The fourth-order valence-corrected chi connectivity index (χ4v) is 1.38. The molecule has 1 aromatic rings. The van der Waals surface area contributed by atoms with Crippen LogP contribution < -0.4 is 5.32 Å². The molecule has 0 saturated carbocycles. The van der Waals surface area contributed by atoms with Gasteiger partial charge in [0.1, 0.15) is 12.4 Å². The summed E-state index contributed by atoms with van der Waals surface area (Å²) in [6.07, 6.45) is 5.14. The van der Waals surface area contributed by atoms with Gasteiger partial charge in [-0.15, -0.1) is 0 Å². The number of hydrogen-bond donors (Lipinski definition) is 2. The molecule has 0 saturated heterocycles. The molecule has 1 rings (SSSR count). The van der Waals surface area contributed by atoms with Gasteiger partial charge in [0.05, 0.1) is 6.04 Å². The summed E-state index contributed by atoms with van der Waals surface area (Å²) in [5.74, 6) is 0.683. The summed E-state index contributed by atoms with van der Waals surface area (Å²) in [5, 5.41) is 2.87. The molecule has 0 aliphatic rings. The first kappa shape index (κ1) is 12.7. The second-order valence-electron chi connectivity index (χ2n) is 3.56. The molecule has 1 unspecified atom stereocenters. The molecule has 16 heavy (non-hydrogen) atoms. The van der Waals surface area contributed by atoms with Crippen molar-refractivity contribution >= 4 is 5.91 Å². The number of aromatic nitrogens is 2. The summed E-state index contributed by atoms with van der Waals surface area (Å²) >= 11 is 0. The third-order valence-corrected chi connectivity index (χ3v) is 2.17. The number of H-pyrrole nitrogens is 1. The predicted octanol–water partition coefficient (Wildman–Crippen LogP) is 1.40. The molecule has 1 aromatic heterocycles. The Morgan fingerprint density at radius 3 is 3.00 bits per heavy atom. The molecule has 0 spiro atoms. The van der Waals surface area contributed by atoms with Gasteiger partial charge in [-0.2, -0.15) is 0 Å². The van der Waals surface area contributed by atoms with Crippen molar-refractivity contribution in [3.63, 3.8) is 0 Å². The van der Waals surface area contributed by atoms with E-state index in [9.17, 15) is 4.79 Å². The van der Waals surface area contributed by atoms with Crippen LogP contribution in [-0.2, 0) is 9.53 Å². The molecule has 0 radical (unpaired) electrons. The highest BCUT2D eigenvalue weighted by molar-refractivity contribution is 5.77. The molecule has 0 aliphatic carbocycles. The van der Waals surface area contributed by atoms with Crippen LogP contribution >= 0.6 is 0 Å². The Morgan fingerprint density at radius 1 is 1.62 bits per heavy atom. The van der Waals surface area contributed by atoms with Crippen molar-refractivity contribution < 1.29 is 9.53 Å². The highest BCUT2D eigenvalue weighted by Crippen LogP contribution is 2.10. The maximum Gasteiger partial charge on any atom is 0.246 e. The molecule has 5 nitrogen and oxygen atoms in total. The van der Waals surface area contributed by atoms with Gasteiger partial charge in [0.25, 0.3) is 0 Å². The summed E-state index contributed by atoms with van der Waals surface area (Å²) in [4.78, 5) is 18.6. The minimum absolute atomic E-state index is 0.0623. The Balaban J connectivity index is 2.36. The zero-order valence-electron chi connectivity index (χ0n) is 9.82. The molecule has 0 aromatic carbocycles. The number of rotatable bonds is 7. The molecular formula is C11H19N3O2. The lowest BCUT2D eigenvalue weighted by atomic mass is 10.2. The minimum atomic E-state index is -0.100. The summed E-state index contributed by atoms with van der Waals surface area (Å²) in [6.45, 7) is 4.74. The van der Waals surface area contributed by atoms with Gasteiger partial charge in [0.2, 0.25) is 5.91 Å². The van der Waals surface area contributed by atoms with E-state index in [1.54, 1.807) is 12.4 Å². The van der Waals surface area contributed by atoms with Gasteiger partial charge >= 0.3 is 0 Å². The van der Waals surface area contributed by atoms with Gasteiger partial charge in [-0.05, 0) is 12.8 Å². The van der Waals surface area contributed by atoms with Gasteiger partial charge in [0, 0.05) is 19.0 Å². The Morgan fingerprint density at radius 2 is 2.44 bits per heavy atom. The zero-order valence-corrected chi connectivity index (χ0v) is 9.82. The van der Waals surface area contributed by atoms with E-state index in [1.807, 2.05) is 13.8 Å². The number of imidazole rings is 1. The van der Waals surface area contributed by atoms with E-state index in [0.29, 0.717) is 6.61 Å². The monoisotopic (exact) mass is 225 g/mol. The van der Waals surface area contributed by atoms with Crippen LogP contribution in [0.3, 0.4) is 0 Å². The normalized spacial score (nSPS) is 12.4. The fraction of sp³-hybridized carbons (Fsp3) is 0.636. The average molecular weight is 225 g/mol. The topological polar surface area (TPSA) is 67.0 Å². The van der Waals surface area contributed by atoms with Crippen LogP contribution in [0.1, 0.15) is 38.6 Å². The van der Waals surface area contributed by atoms with Crippen LogP contribution in [0.5, 0.6) is 0 Å². The first-order valence-electron chi connectivity index (χ1n) is 5.64. The van der Waals surface area contributed by atoms with Crippen LogP contribution in [0.2, 0.25) is 0 Å². The van der Waals surface area contributed by atoms with Crippen molar-refractivity contribution in [1.29, 1.82) is 0 Å². The smallest absolute Gasteiger partial charge is 0.246 e. The molecule has 0 bridgehead atoms. The second-order valence-corrected chi connectivity index (χ2v) is 3.56. The number of carbonyl (C=O) groups is 1. The Labute approximate surface area is 95.6 Å². The summed E-state index contributed by atoms with van der Waals surface area (Å²) in [7, 11) is 0. The zero-order chi connectivity index (χ0) is 11.8. The number of carbonyl (C=O) groups excluding carboxylic acids is 1. The largest absolute Gasteiger partial charge is 0.372 e. The van der Waals surface area contributed by atoms with Crippen molar-refractivity contribution in [2.75, 3.05) is 13.2 Å². The molecule has 2 N–H and O–H groups in total. The van der Waals surface area contributed by atoms with E-state index < -0.39 is 0 Å². The number of ether oxygens (including phenoxy) is 1. The van der Waals surface area contributed by atoms with Gasteiger partial charge < -0.3 is 15.0 Å². The first-order chi connectivity index (χ1) is 7.77. The quantitative estimate of drug-likeness (QED) is 0.689. The second kappa shape index (κ2) is 7.00. The third-order valence-electron chi connectivity index (χ3n) is 2.17. The van der Waals surface area contributed by atoms with Crippen molar-refractivity contribution in [3.05, 3.63) is 18.2 Å². The molecule has 0 aliphatic heterocycles. The van der Waals surface area contributed by atoms with E-state index in [0.717, 1.165) is 18.7 Å². The fourth-order valence-electron chi connectivity index (χ4n) is 1.38. The Hall–Kier alpha value is -1.36. The van der Waals surface area contributed by atoms with Gasteiger partial charge in [0.15, 0.2) is 0 Å². The number of nitrogens with one attached hydrogen (secondary N) is 2. The highest BCUT2D eigenvalue weighted by atomic mass is 16.5. The molecule has 1 heterocycles. The lowest BCUT2D eigenvalue weighted by molar-refractivity contribution is -0.126. The number of amides is 1. The lowest BCUT2D eigenvalue weighted by Crippen LogP contribution is -2.32.